The summed E-state index contributed by atoms with van der Waals surface area (Å²) < 4.78 is 17.8. The van der Waals surface area contributed by atoms with Crippen LogP contribution in [0, 0.1) is 0 Å². The summed E-state index contributed by atoms with van der Waals surface area (Å²) in [6, 6.07) is 12.5. The second-order valence-corrected chi connectivity index (χ2v) is 16.0. The molecule has 2 aromatic carbocycles. The fraction of sp³-hybridized carbons (Fsp3) is 0.450. The Kier molecular flexibility index (Phi) is 7.99. The van der Waals surface area contributed by atoms with Gasteiger partial charge in [-0.15, -0.1) is 0 Å². The molecule has 5 aromatic rings. The number of aryl methyl sites for hydroxylation is 2. The van der Waals surface area contributed by atoms with Gasteiger partial charge in [-0.05, 0) is 115 Å². The van der Waals surface area contributed by atoms with E-state index in [1.54, 1.807) is 9.80 Å². The van der Waals surface area contributed by atoms with Crippen molar-refractivity contribution in [2.24, 2.45) is 0 Å². The molecule has 11 heteroatoms. The highest BCUT2D eigenvalue weighted by atomic mass is 16.6. The van der Waals surface area contributed by atoms with Gasteiger partial charge in [0.15, 0.2) is 0 Å². The molecule has 2 atom stereocenters. The van der Waals surface area contributed by atoms with Gasteiger partial charge in [-0.25, -0.2) is 19.6 Å². The third-order valence-electron chi connectivity index (χ3n) is 9.99. The number of likely N-dealkylation sites (tertiary alicyclic amines) is 2. The zero-order valence-corrected chi connectivity index (χ0v) is 30.3. The topological polar surface area (TPSA) is 130 Å². The molecule has 2 saturated heterocycles. The summed E-state index contributed by atoms with van der Waals surface area (Å²) in [6.07, 6.45) is 8.40. The Labute approximate surface area is 297 Å². The average Bonchev–Trinajstić information content (AvgIpc) is 3.90. The van der Waals surface area contributed by atoms with Gasteiger partial charge >= 0.3 is 12.2 Å². The zero-order chi connectivity index (χ0) is 35.7. The average molecular weight is 691 g/mol. The molecule has 0 saturated carbocycles. The van der Waals surface area contributed by atoms with E-state index in [4.69, 9.17) is 23.9 Å². The van der Waals surface area contributed by atoms with E-state index < -0.39 is 11.2 Å². The maximum absolute atomic E-state index is 12.9. The summed E-state index contributed by atoms with van der Waals surface area (Å²) in [7, 11) is 0. The highest BCUT2D eigenvalue weighted by Gasteiger charge is 2.36. The Morgan fingerprint density at radius 1 is 0.765 bits per heavy atom. The third-order valence-corrected chi connectivity index (χ3v) is 9.99. The van der Waals surface area contributed by atoms with Crippen molar-refractivity contribution in [2.75, 3.05) is 13.1 Å². The van der Waals surface area contributed by atoms with Gasteiger partial charge in [-0.1, -0.05) is 12.1 Å². The lowest BCUT2D eigenvalue weighted by Gasteiger charge is -2.27. The molecule has 2 N–H and O–H groups in total. The first kappa shape index (κ1) is 33.1. The zero-order valence-electron chi connectivity index (χ0n) is 30.3. The van der Waals surface area contributed by atoms with E-state index in [9.17, 15) is 9.59 Å². The predicted octanol–water partition coefficient (Wildman–Crippen LogP) is 9.12. The van der Waals surface area contributed by atoms with Crippen molar-refractivity contribution in [1.29, 1.82) is 0 Å². The first-order valence-corrected chi connectivity index (χ1v) is 18.1. The maximum Gasteiger partial charge on any atom is 0.410 e. The number of aromatic amines is 2. The first-order chi connectivity index (χ1) is 24.3. The molecule has 5 heterocycles. The summed E-state index contributed by atoms with van der Waals surface area (Å²) in [6.45, 7) is 12.6. The molecule has 3 aromatic heterocycles. The normalized spacial score (nSPS) is 19.0. The second-order valence-electron chi connectivity index (χ2n) is 16.0. The number of benzene rings is 2. The molecule has 2 aliphatic heterocycles. The lowest BCUT2D eigenvalue weighted by atomic mass is 9.88. The van der Waals surface area contributed by atoms with Gasteiger partial charge in [0.2, 0.25) is 0 Å². The van der Waals surface area contributed by atoms with Gasteiger partial charge in [0.05, 0.1) is 35.9 Å². The van der Waals surface area contributed by atoms with Crippen LogP contribution >= 0.6 is 0 Å². The molecule has 51 heavy (non-hydrogen) atoms. The van der Waals surface area contributed by atoms with Crippen molar-refractivity contribution in [2.45, 2.75) is 103 Å². The van der Waals surface area contributed by atoms with Crippen LogP contribution in [-0.2, 0) is 22.3 Å². The quantitative estimate of drug-likeness (QED) is 0.192. The van der Waals surface area contributed by atoms with Crippen LogP contribution in [0.5, 0.6) is 0 Å². The molecule has 0 bridgehead atoms. The van der Waals surface area contributed by atoms with Crippen LogP contribution in [0.3, 0.4) is 0 Å². The van der Waals surface area contributed by atoms with Crippen molar-refractivity contribution in [3.05, 3.63) is 71.6 Å². The van der Waals surface area contributed by atoms with E-state index >= 15 is 0 Å². The molecule has 0 radical (unpaired) electrons. The first-order valence-electron chi connectivity index (χ1n) is 18.1. The van der Waals surface area contributed by atoms with Crippen LogP contribution < -0.4 is 0 Å². The number of amides is 2. The Morgan fingerprint density at radius 3 is 1.88 bits per heavy atom. The highest BCUT2D eigenvalue weighted by molar-refractivity contribution is 5.92. The molecular formula is C40H46N6O5. The third kappa shape index (κ3) is 6.38. The van der Waals surface area contributed by atoms with Gasteiger partial charge < -0.3 is 23.9 Å². The van der Waals surface area contributed by atoms with Crippen molar-refractivity contribution in [3.63, 3.8) is 0 Å². The molecule has 1 aliphatic carbocycles. The van der Waals surface area contributed by atoms with Gasteiger partial charge in [-0.2, -0.15) is 0 Å². The molecule has 2 amide bonds. The van der Waals surface area contributed by atoms with Gasteiger partial charge in [-0.3, -0.25) is 9.80 Å². The van der Waals surface area contributed by atoms with Crippen LogP contribution in [0.25, 0.3) is 44.8 Å². The highest BCUT2D eigenvalue weighted by Crippen LogP contribution is 2.43. The molecule has 8 rings (SSSR count). The van der Waals surface area contributed by atoms with E-state index in [1.807, 2.05) is 60.0 Å². The Balaban J connectivity index is 1.02. The fourth-order valence-corrected chi connectivity index (χ4v) is 7.72. The Bertz CT molecular complexity index is 2130. The van der Waals surface area contributed by atoms with E-state index in [0.29, 0.717) is 13.1 Å². The van der Waals surface area contributed by atoms with E-state index in [2.05, 4.69) is 40.3 Å². The molecule has 0 spiro atoms. The summed E-state index contributed by atoms with van der Waals surface area (Å²) in [5.74, 6) is 2.48. The van der Waals surface area contributed by atoms with Crippen molar-refractivity contribution >= 4 is 23.2 Å². The molecule has 2 unspecified atom stereocenters. The number of rotatable bonds is 4. The number of furan rings is 1. The van der Waals surface area contributed by atoms with Crippen LogP contribution in [0.15, 0.2) is 53.2 Å². The number of nitrogens with one attached hydrogen (secondary N) is 2. The van der Waals surface area contributed by atoms with Crippen LogP contribution in [-0.4, -0.2) is 66.2 Å². The smallest absolute Gasteiger partial charge is 0.410 e. The van der Waals surface area contributed by atoms with Crippen molar-refractivity contribution < 1.29 is 23.5 Å². The predicted molar refractivity (Wildman–Crippen MR) is 194 cm³/mol. The molecule has 3 aliphatic rings. The number of carbonyl (C=O) groups excluding carboxylic acids is 2. The van der Waals surface area contributed by atoms with Crippen molar-refractivity contribution in [3.8, 4) is 33.8 Å². The van der Waals surface area contributed by atoms with Gasteiger partial charge in [0, 0.05) is 35.2 Å². The maximum atomic E-state index is 12.9. The molecule has 2 fully saturated rings. The number of imidazole rings is 2. The largest absolute Gasteiger partial charge is 0.456 e. The Morgan fingerprint density at radius 2 is 1.31 bits per heavy atom. The monoisotopic (exact) mass is 690 g/mol. The number of aromatic nitrogens is 4. The minimum Gasteiger partial charge on any atom is -0.456 e. The van der Waals surface area contributed by atoms with Crippen LogP contribution in [0.1, 0.15) is 102 Å². The summed E-state index contributed by atoms with van der Waals surface area (Å²) in [4.78, 5) is 45.8. The van der Waals surface area contributed by atoms with Gasteiger partial charge in [0.1, 0.15) is 34.2 Å². The van der Waals surface area contributed by atoms with Gasteiger partial charge in [0.25, 0.3) is 0 Å². The van der Waals surface area contributed by atoms with Crippen LogP contribution in [0.4, 0.5) is 9.59 Å². The van der Waals surface area contributed by atoms with E-state index in [1.165, 1.54) is 11.1 Å². The van der Waals surface area contributed by atoms with Crippen LogP contribution in [0.2, 0.25) is 0 Å². The SMILES string of the molecule is CC(C)(C)OC(=O)N1CCCC1c1ncc(-c2ccc3c(c2)CCc2c-3oc3ccc(-c4cnc(C5CCCN5C(=O)OC(C)(C)C)[nH]4)cc23)[nH]1. The second kappa shape index (κ2) is 12.3. The minimum atomic E-state index is -0.548. The summed E-state index contributed by atoms with van der Waals surface area (Å²) in [5.41, 5.74) is 7.23. The summed E-state index contributed by atoms with van der Waals surface area (Å²) >= 11 is 0. The Hall–Kier alpha value is -5.06. The number of hydrogen-bond acceptors (Lipinski definition) is 7. The number of carbonyl (C=O) groups is 2. The van der Waals surface area contributed by atoms with E-state index in [0.717, 1.165) is 95.0 Å². The lowest BCUT2D eigenvalue weighted by Crippen LogP contribution is -2.36. The van der Waals surface area contributed by atoms with Crippen molar-refractivity contribution in [1.82, 2.24) is 29.7 Å². The standard InChI is InChI=1S/C40H46N6O5/c1-39(2,3)50-37(47)45-17-7-9-31(45)35-41-21-29(43-35)24-12-14-26-23(19-24)11-15-27-28-20-25(13-16-33(28)49-34(26)27)30-22-42-36(44-30)32-10-8-18-46(32)38(48)51-40(4,5)6/h12-14,16,19-22,31-32H,7-11,15,17-18H2,1-6H3,(H,41,43)(H,42,44). The number of hydrogen-bond donors (Lipinski definition) is 2. The summed E-state index contributed by atoms with van der Waals surface area (Å²) in [5, 5.41) is 1.11. The lowest BCUT2D eigenvalue weighted by molar-refractivity contribution is 0.0208. The number of nitrogens with zero attached hydrogens (tertiary/aromatic N) is 4. The minimum absolute atomic E-state index is 0.128. The van der Waals surface area contributed by atoms with E-state index in [-0.39, 0.29) is 24.3 Å². The number of ether oxygens (including phenoxy) is 2. The number of fused-ring (bicyclic) bond motifs is 5. The molecular weight excluding hydrogens is 644 g/mol. The number of H-pyrrole nitrogens is 2. The fourth-order valence-electron chi connectivity index (χ4n) is 7.72. The molecule has 266 valence electrons. The molecule has 11 nitrogen and oxygen atoms in total.